The lowest BCUT2D eigenvalue weighted by Crippen LogP contribution is -2.42. The Bertz CT molecular complexity index is 422. The summed E-state index contributed by atoms with van der Waals surface area (Å²) in [5.41, 5.74) is 5.42. The molecule has 2 rings (SSSR count). The highest BCUT2D eigenvalue weighted by molar-refractivity contribution is 6.44. The third-order valence-corrected chi connectivity index (χ3v) is 1.85. The van der Waals surface area contributed by atoms with Crippen molar-refractivity contribution in [3.8, 4) is 0 Å². The Morgan fingerprint density at radius 2 is 2.43 bits per heavy atom. The molecule has 0 spiro atoms. The minimum Gasteiger partial charge on any atom is -0.410 e. The number of rotatable bonds is 0. The van der Waals surface area contributed by atoms with E-state index in [1.165, 1.54) is 4.68 Å². The van der Waals surface area contributed by atoms with E-state index in [-0.39, 0.29) is 11.7 Å². The highest BCUT2D eigenvalue weighted by atomic mass is 16.4. The van der Waals surface area contributed by atoms with Crippen LogP contribution in [0.2, 0.25) is 0 Å². The van der Waals surface area contributed by atoms with Crippen molar-refractivity contribution in [2.45, 2.75) is 13.1 Å². The van der Waals surface area contributed by atoms with E-state index in [0.717, 1.165) is 0 Å². The number of hydrogen-bond acceptors (Lipinski definition) is 6. The molecule has 1 amide bonds. The van der Waals surface area contributed by atoms with E-state index in [2.05, 4.69) is 20.6 Å². The monoisotopic (exact) mass is 196 g/mol. The quantitative estimate of drug-likeness (QED) is 0.356. The maximum atomic E-state index is 11.2. The van der Waals surface area contributed by atoms with Crippen LogP contribution in [0, 0.1) is 6.92 Å². The molecule has 1 aliphatic rings. The molecular formula is C6H8N6O2. The molecule has 0 radical (unpaired) electrons. The van der Waals surface area contributed by atoms with E-state index < -0.39 is 12.1 Å². The molecule has 0 fully saturated rings. The fourth-order valence-corrected chi connectivity index (χ4v) is 1.23. The Balaban J connectivity index is 2.53. The van der Waals surface area contributed by atoms with Crippen LogP contribution < -0.4 is 11.1 Å². The Kier molecular flexibility index (Phi) is 1.71. The highest BCUT2D eigenvalue weighted by Crippen LogP contribution is 2.16. The average molecular weight is 196 g/mol. The summed E-state index contributed by atoms with van der Waals surface area (Å²) in [6.07, 6.45) is -0.898. The molecule has 2 heterocycles. The van der Waals surface area contributed by atoms with Crippen molar-refractivity contribution in [2.24, 2.45) is 10.9 Å². The lowest BCUT2D eigenvalue weighted by atomic mass is 10.2. The third-order valence-electron chi connectivity index (χ3n) is 1.85. The van der Waals surface area contributed by atoms with Crippen LogP contribution in [-0.4, -0.2) is 31.6 Å². The summed E-state index contributed by atoms with van der Waals surface area (Å²) >= 11 is 0. The molecule has 0 aromatic carbocycles. The van der Waals surface area contributed by atoms with Crippen LogP contribution >= 0.6 is 0 Å². The number of hydrogen-bond donors (Lipinski definition) is 3. The Hall–Kier alpha value is -1.96. The number of nitrogens with two attached hydrogens (primary N) is 1. The van der Waals surface area contributed by atoms with Gasteiger partial charge in [-0.2, -0.15) is 10.1 Å². The number of amides is 1. The normalized spacial score (nSPS) is 23.4. The van der Waals surface area contributed by atoms with Gasteiger partial charge in [-0.3, -0.25) is 10.1 Å². The van der Waals surface area contributed by atoms with Crippen LogP contribution in [0.5, 0.6) is 0 Å². The van der Waals surface area contributed by atoms with Crippen LogP contribution in [0.25, 0.3) is 0 Å². The number of nitrogens with zero attached hydrogens (tertiary/aromatic N) is 4. The summed E-state index contributed by atoms with van der Waals surface area (Å²) in [4.78, 5) is 15.2. The van der Waals surface area contributed by atoms with Crippen LogP contribution in [0.4, 0.5) is 5.95 Å². The number of oxime groups is 1. The SMILES string of the molecule is Cc1nc2n(n1)[C@H](N)/C(=N\O)C(=O)N2. The van der Waals surface area contributed by atoms with Gasteiger partial charge in [0, 0.05) is 0 Å². The van der Waals surface area contributed by atoms with Gasteiger partial charge in [0.05, 0.1) is 0 Å². The summed E-state index contributed by atoms with van der Waals surface area (Å²) < 4.78 is 1.28. The third kappa shape index (κ3) is 1.04. The minimum atomic E-state index is -0.898. The van der Waals surface area contributed by atoms with E-state index in [1.54, 1.807) is 6.92 Å². The van der Waals surface area contributed by atoms with Gasteiger partial charge < -0.3 is 10.9 Å². The number of aryl methyl sites for hydroxylation is 1. The van der Waals surface area contributed by atoms with Crippen molar-refractivity contribution >= 4 is 17.6 Å². The Morgan fingerprint density at radius 1 is 1.71 bits per heavy atom. The molecule has 8 nitrogen and oxygen atoms in total. The Labute approximate surface area is 78.4 Å². The summed E-state index contributed by atoms with van der Waals surface area (Å²) in [7, 11) is 0. The summed E-state index contributed by atoms with van der Waals surface area (Å²) in [5.74, 6) is 0.169. The number of fused-ring (bicyclic) bond motifs is 1. The average Bonchev–Trinajstić information content (AvgIpc) is 2.47. The highest BCUT2D eigenvalue weighted by Gasteiger charge is 2.31. The van der Waals surface area contributed by atoms with E-state index in [1.807, 2.05) is 0 Å². The standard InChI is InChI=1S/C6H8N6O2/c1-2-8-6-9-5(13)3(11-14)4(7)12(6)10-2/h4,14H,7H2,1H3,(H,8,9,10,13)/b11-3+/t4-/m0/s1. The maximum Gasteiger partial charge on any atom is 0.279 e. The van der Waals surface area contributed by atoms with Gasteiger partial charge in [-0.25, -0.2) is 4.68 Å². The van der Waals surface area contributed by atoms with E-state index in [0.29, 0.717) is 5.82 Å². The summed E-state index contributed by atoms with van der Waals surface area (Å²) in [6, 6.07) is 0. The van der Waals surface area contributed by atoms with Crippen molar-refractivity contribution < 1.29 is 10.0 Å². The Morgan fingerprint density at radius 3 is 3.07 bits per heavy atom. The van der Waals surface area contributed by atoms with Crippen molar-refractivity contribution in [3.63, 3.8) is 0 Å². The smallest absolute Gasteiger partial charge is 0.279 e. The number of anilines is 1. The van der Waals surface area contributed by atoms with E-state index >= 15 is 0 Å². The van der Waals surface area contributed by atoms with Gasteiger partial charge in [0.2, 0.25) is 5.95 Å². The van der Waals surface area contributed by atoms with Gasteiger partial charge in [0.1, 0.15) is 5.82 Å². The zero-order chi connectivity index (χ0) is 10.3. The lowest BCUT2D eigenvalue weighted by Gasteiger charge is -2.19. The number of aromatic nitrogens is 3. The van der Waals surface area contributed by atoms with Gasteiger partial charge in [-0.1, -0.05) is 5.16 Å². The largest absolute Gasteiger partial charge is 0.410 e. The first-order valence-corrected chi connectivity index (χ1v) is 3.85. The fourth-order valence-electron chi connectivity index (χ4n) is 1.23. The number of carbonyl (C=O) groups excluding carboxylic acids is 1. The molecule has 1 aromatic rings. The van der Waals surface area contributed by atoms with Crippen LogP contribution in [0.15, 0.2) is 5.16 Å². The molecular weight excluding hydrogens is 188 g/mol. The van der Waals surface area contributed by atoms with Gasteiger partial charge in [0.25, 0.3) is 5.91 Å². The van der Waals surface area contributed by atoms with E-state index in [9.17, 15) is 4.79 Å². The second kappa shape index (κ2) is 2.77. The topological polar surface area (TPSA) is 118 Å². The lowest BCUT2D eigenvalue weighted by molar-refractivity contribution is -0.111. The second-order valence-electron chi connectivity index (χ2n) is 2.81. The zero-order valence-electron chi connectivity index (χ0n) is 7.30. The van der Waals surface area contributed by atoms with Gasteiger partial charge >= 0.3 is 0 Å². The molecule has 4 N–H and O–H groups in total. The molecule has 0 bridgehead atoms. The summed E-state index contributed by atoms with van der Waals surface area (Å²) in [5, 5.41) is 17.7. The molecule has 1 aromatic heterocycles. The van der Waals surface area contributed by atoms with Crippen molar-refractivity contribution in [3.05, 3.63) is 5.82 Å². The van der Waals surface area contributed by atoms with Crippen LogP contribution in [0.3, 0.4) is 0 Å². The minimum absolute atomic E-state index is 0.192. The molecule has 74 valence electrons. The fraction of sp³-hybridized carbons (Fsp3) is 0.333. The first-order chi connectivity index (χ1) is 6.63. The molecule has 1 aliphatic heterocycles. The predicted octanol–water partition coefficient (Wildman–Crippen LogP) is -1.17. The molecule has 0 saturated carbocycles. The molecule has 0 unspecified atom stereocenters. The van der Waals surface area contributed by atoms with Crippen molar-refractivity contribution in [2.75, 3.05) is 5.32 Å². The molecule has 8 heteroatoms. The van der Waals surface area contributed by atoms with Gasteiger partial charge in [0.15, 0.2) is 11.9 Å². The number of nitrogens with one attached hydrogen (secondary N) is 1. The summed E-state index contributed by atoms with van der Waals surface area (Å²) in [6.45, 7) is 1.67. The van der Waals surface area contributed by atoms with Gasteiger partial charge in [-0.15, -0.1) is 0 Å². The van der Waals surface area contributed by atoms with Crippen LogP contribution in [0.1, 0.15) is 12.0 Å². The van der Waals surface area contributed by atoms with Crippen LogP contribution in [-0.2, 0) is 4.79 Å². The maximum absolute atomic E-state index is 11.2. The number of carbonyl (C=O) groups is 1. The molecule has 0 aliphatic carbocycles. The molecule has 1 atom stereocenters. The zero-order valence-corrected chi connectivity index (χ0v) is 7.30. The van der Waals surface area contributed by atoms with Crippen molar-refractivity contribution in [1.29, 1.82) is 0 Å². The first kappa shape index (κ1) is 8.63. The first-order valence-electron chi connectivity index (χ1n) is 3.85. The molecule has 0 saturated heterocycles. The van der Waals surface area contributed by atoms with Crippen molar-refractivity contribution in [1.82, 2.24) is 14.8 Å². The second-order valence-corrected chi connectivity index (χ2v) is 2.81. The van der Waals surface area contributed by atoms with E-state index in [4.69, 9.17) is 10.9 Å². The predicted molar refractivity (Wildman–Crippen MR) is 45.8 cm³/mol. The molecule has 14 heavy (non-hydrogen) atoms. The van der Waals surface area contributed by atoms with Gasteiger partial charge in [-0.05, 0) is 6.92 Å².